The Balaban J connectivity index is 2.17. The molecule has 8 heteroatoms. The molecule has 0 aliphatic carbocycles. The maximum Gasteiger partial charge on any atom is 0.256 e. The van der Waals surface area contributed by atoms with Gasteiger partial charge in [-0.15, -0.1) is 16.7 Å². The second-order valence-electron chi connectivity index (χ2n) is 4.80. The summed E-state index contributed by atoms with van der Waals surface area (Å²) in [5, 5.41) is 6.47. The molecule has 1 aliphatic rings. The smallest absolute Gasteiger partial charge is 0.256 e. The van der Waals surface area contributed by atoms with Crippen molar-refractivity contribution in [3.05, 3.63) is 48.4 Å². The lowest BCUT2D eigenvalue weighted by atomic mass is 10.2. The fourth-order valence-corrected chi connectivity index (χ4v) is 3.89. The number of thioether (sulfide) groups is 1. The molecule has 0 spiro atoms. The summed E-state index contributed by atoms with van der Waals surface area (Å²) in [5.74, 6) is 0.273. The van der Waals surface area contributed by atoms with Gasteiger partial charge in [-0.1, -0.05) is 0 Å². The molecule has 5 nitrogen and oxygen atoms in total. The molecular formula is C14H11FIN3O2S. The van der Waals surface area contributed by atoms with Crippen LogP contribution in [0.1, 0.15) is 5.56 Å². The van der Waals surface area contributed by atoms with Crippen LogP contribution in [0.3, 0.4) is 0 Å². The van der Waals surface area contributed by atoms with Crippen molar-refractivity contribution in [3.8, 4) is 0 Å². The summed E-state index contributed by atoms with van der Waals surface area (Å²) in [7, 11) is 0. The van der Waals surface area contributed by atoms with Crippen LogP contribution in [0.15, 0.2) is 33.2 Å². The number of hydrogen-bond donors (Lipinski definition) is 1. The Morgan fingerprint density at radius 1 is 1.45 bits per heavy atom. The zero-order valence-corrected chi connectivity index (χ0v) is 14.5. The van der Waals surface area contributed by atoms with Gasteiger partial charge in [-0.05, 0) is 52.9 Å². The summed E-state index contributed by atoms with van der Waals surface area (Å²) >= 11 is 3.42. The number of hydrogen-bond acceptors (Lipinski definition) is 5. The highest BCUT2D eigenvalue weighted by Gasteiger charge is 2.24. The largest absolute Gasteiger partial charge is 0.351 e. The normalized spacial score (nSPS) is 13.0. The predicted molar refractivity (Wildman–Crippen MR) is 94.0 cm³/mol. The van der Waals surface area contributed by atoms with Crippen molar-refractivity contribution in [3.63, 3.8) is 0 Å². The minimum absolute atomic E-state index is 0.164. The van der Waals surface area contributed by atoms with Gasteiger partial charge in [0.15, 0.2) is 5.69 Å². The second-order valence-corrected chi connectivity index (χ2v) is 7.13. The van der Waals surface area contributed by atoms with Crippen molar-refractivity contribution in [1.29, 1.82) is 0 Å². The van der Waals surface area contributed by atoms with Crippen molar-refractivity contribution < 1.29 is 4.39 Å². The Bertz CT molecular complexity index is 838. The van der Waals surface area contributed by atoms with Crippen LogP contribution in [-0.4, -0.2) is 10.3 Å². The van der Waals surface area contributed by atoms with Crippen molar-refractivity contribution in [1.82, 2.24) is 4.57 Å². The number of anilines is 2. The Labute approximate surface area is 143 Å². The molecule has 0 atom stereocenters. The van der Waals surface area contributed by atoms with E-state index in [0.717, 1.165) is 9.32 Å². The van der Waals surface area contributed by atoms with Gasteiger partial charge >= 0.3 is 0 Å². The number of rotatable bonds is 3. The van der Waals surface area contributed by atoms with E-state index in [1.807, 2.05) is 22.6 Å². The first-order valence-electron chi connectivity index (χ1n) is 6.48. The predicted octanol–water partition coefficient (Wildman–Crippen LogP) is 4.15. The molecule has 1 N–H and O–H groups in total. The Morgan fingerprint density at radius 2 is 2.23 bits per heavy atom. The SMILES string of the molecule is Cc1c(Nc2ccc(I)cc2F)c(N=O)c2n(c1=O)CCS2. The van der Waals surface area contributed by atoms with E-state index in [-0.39, 0.29) is 22.6 Å². The molecule has 1 aliphatic heterocycles. The quantitative estimate of drug-likeness (QED) is 0.586. The highest BCUT2D eigenvalue weighted by Crippen LogP contribution is 2.41. The van der Waals surface area contributed by atoms with E-state index in [4.69, 9.17) is 0 Å². The maximum absolute atomic E-state index is 14.0. The molecule has 2 aromatic rings. The van der Waals surface area contributed by atoms with E-state index in [9.17, 15) is 14.1 Å². The van der Waals surface area contributed by atoms with E-state index in [0.29, 0.717) is 17.1 Å². The number of fused-ring (bicyclic) bond motifs is 1. The number of pyridine rings is 1. The molecule has 0 unspecified atom stereocenters. The Morgan fingerprint density at radius 3 is 2.91 bits per heavy atom. The first-order chi connectivity index (χ1) is 10.5. The molecule has 114 valence electrons. The maximum atomic E-state index is 14.0. The van der Waals surface area contributed by atoms with Crippen molar-refractivity contribution in [2.45, 2.75) is 18.5 Å². The highest BCUT2D eigenvalue weighted by molar-refractivity contribution is 14.1. The van der Waals surface area contributed by atoms with Gasteiger partial charge < -0.3 is 9.88 Å². The van der Waals surface area contributed by atoms with Crippen molar-refractivity contribution in [2.24, 2.45) is 5.18 Å². The molecule has 0 saturated heterocycles. The minimum atomic E-state index is -0.448. The number of nitroso groups, excluding NO2 is 1. The van der Waals surface area contributed by atoms with Crippen LogP contribution in [0.2, 0.25) is 0 Å². The van der Waals surface area contributed by atoms with Gasteiger partial charge in [0.1, 0.15) is 10.8 Å². The molecule has 2 heterocycles. The van der Waals surface area contributed by atoms with Crippen LogP contribution in [0.4, 0.5) is 21.5 Å². The van der Waals surface area contributed by atoms with Crippen molar-refractivity contribution >= 4 is 51.4 Å². The van der Waals surface area contributed by atoms with Gasteiger partial charge in [0.2, 0.25) is 0 Å². The van der Waals surface area contributed by atoms with E-state index < -0.39 is 5.82 Å². The molecule has 22 heavy (non-hydrogen) atoms. The summed E-state index contributed by atoms with van der Waals surface area (Å²) in [6.45, 7) is 2.17. The van der Waals surface area contributed by atoms with Gasteiger partial charge in [0.25, 0.3) is 5.56 Å². The fraction of sp³-hybridized carbons (Fsp3) is 0.214. The molecule has 3 rings (SSSR count). The van der Waals surface area contributed by atoms with Crippen LogP contribution < -0.4 is 10.9 Å². The minimum Gasteiger partial charge on any atom is -0.351 e. The first kappa shape index (κ1) is 15.5. The lowest BCUT2D eigenvalue weighted by molar-refractivity contribution is 0.631. The Kier molecular flexibility index (Phi) is 4.22. The summed E-state index contributed by atoms with van der Waals surface area (Å²) in [6, 6.07) is 4.69. The molecule has 0 amide bonds. The van der Waals surface area contributed by atoms with Crippen LogP contribution in [0.25, 0.3) is 0 Å². The number of benzene rings is 1. The van der Waals surface area contributed by atoms with E-state index >= 15 is 0 Å². The summed E-state index contributed by atoms with van der Waals surface area (Å²) in [4.78, 5) is 23.6. The topological polar surface area (TPSA) is 63.5 Å². The van der Waals surface area contributed by atoms with E-state index in [1.54, 1.807) is 23.6 Å². The van der Waals surface area contributed by atoms with Crippen LogP contribution in [0.5, 0.6) is 0 Å². The van der Waals surface area contributed by atoms with Crippen molar-refractivity contribution in [2.75, 3.05) is 11.1 Å². The molecule has 0 radical (unpaired) electrons. The number of aromatic nitrogens is 1. The second kappa shape index (κ2) is 5.99. The molecule has 0 fully saturated rings. The fourth-order valence-electron chi connectivity index (χ4n) is 2.36. The lowest BCUT2D eigenvalue weighted by Crippen LogP contribution is -2.22. The van der Waals surface area contributed by atoms with Gasteiger partial charge in [-0.2, -0.15) is 0 Å². The average molecular weight is 431 g/mol. The highest BCUT2D eigenvalue weighted by atomic mass is 127. The number of nitrogens with one attached hydrogen (secondary N) is 1. The third-order valence-corrected chi connectivity index (χ3v) is 5.21. The van der Waals surface area contributed by atoms with E-state index in [1.165, 1.54) is 17.8 Å². The molecule has 1 aromatic heterocycles. The van der Waals surface area contributed by atoms with Crippen LogP contribution in [0, 0.1) is 21.2 Å². The summed E-state index contributed by atoms with van der Waals surface area (Å²) < 4.78 is 16.3. The standard InChI is InChI=1S/C14H11FIN3O2S/c1-7-11(17-10-3-2-8(16)6-9(10)15)12(18-21)14-19(13(7)20)4-5-22-14/h2-3,6,17H,4-5H2,1H3. The molecule has 0 bridgehead atoms. The summed E-state index contributed by atoms with van der Waals surface area (Å²) in [5.41, 5.74) is 0.832. The van der Waals surface area contributed by atoms with Gasteiger partial charge in [-0.3, -0.25) is 4.79 Å². The summed E-state index contributed by atoms with van der Waals surface area (Å²) in [6.07, 6.45) is 0. The van der Waals surface area contributed by atoms with E-state index in [2.05, 4.69) is 10.5 Å². The monoisotopic (exact) mass is 431 g/mol. The third kappa shape index (κ3) is 2.54. The molecule has 1 aromatic carbocycles. The van der Waals surface area contributed by atoms with Crippen LogP contribution in [-0.2, 0) is 6.54 Å². The Hall–Kier alpha value is -1.42. The first-order valence-corrected chi connectivity index (χ1v) is 8.55. The number of nitrogens with zero attached hydrogens (tertiary/aromatic N) is 2. The lowest BCUT2D eigenvalue weighted by Gasteiger charge is -2.15. The molecular weight excluding hydrogens is 420 g/mol. The van der Waals surface area contributed by atoms with Gasteiger partial charge in [0, 0.05) is 21.4 Å². The third-order valence-electron chi connectivity index (χ3n) is 3.46. The average Bonchev–Trinajstić information content (AvgIpc) is 2.96. The molecule has 0 saturated carbocycles. The van der Waals surface area contributed by atoms with Gasteiger partial charge in [-0.25, -0.2) is 4.39 Å². The zero-order valence-electron chi connectivity index (χ0n) is 11.5. The number of halogens is 2. The zero-order chi connectivity index (χ0) is 15.9. The van der Waals surface area contributed by atoms with Crippen LogP contribution >= 0.6 is 34.4 Å². The van der Waals surface area contributed by atoms with Gasteiger partial charge in [0.05, 0.1) is 11.4 Å².